The molecule has 2 fully saturated rings. The molecule has 9 heteroatoms. The SMILES string of the molecule is Cc1nc(/C(N)=C(\CNc2noc(C3CCCC3)n2)N(C)N)ccc1OC1CCCCC1. The van der Waals surface area contributed by atoms with E-state index in [0.29, 0.717) is 41.4 Å². The number of rotatable bonds is 8. The minimum Gasteiger partial charge on any atom is -0.489 e. The first kappa shape index (κ1) is 22.4. The van der Waals surface area contributed by atoms with Crippen LogP contribution in [-0.2, 0) is 0 Å². The first-order valence-corrected chi connectivity index (χ1v) is 11.7. The van der Waals surface area contributed by atoms with Gasteiger partial charge < -0.3 is 25.3 Å². The maximum Gasteiger partial charge on any atom is 0.263 e. The molecule has 0 radical (unpaired) electrons. The molecule has 2 aliphatic rings. The second-order valence-corrected chi connectivity index (χ2v) is 8.92. The Morgan fingerprint density at radius 1 is 1.12 bits per heavy atom. The molecule has 2 aliphatic carbocycles. The van der Waals surface area contributed by atoms with Gasteiger partial charge in [0.1, 0.15) is 5.75 Å². The van der Waals surface area contributed by atoms with Crippen LogP contribution < -0.4 is 21.6 Å². The quantitative estimate of drug-likeness (QED) is 0.415. The molecule has 4 rings (SSSR count). The predicted molar refractivity (Wildman–Crippen MR) is 124 cm³/mol. The van der Waals surface area contributed by atoms with Crippen molar-refractivity contribution < 1.29 is 9.26 Å². The van der Waals surface area contributed by atoms with E-state index in [2.05, 4.69) is 20.4 Å². The summed E-state index contributed by atoms with van der Waals surface area (Å²) in [5, 5.41) is 8.72. The molecular weight excluding hydrogens is 406 g/mol. The van der Waals surface area contributed by atoms with Crippen LogP contribution in [0.4, 0.5) is 5.95 Å². The number of hydrazine groups is 1. The molecule has 32 heavy (non-hydrogen) atoms. The summed E-state index contributed by atoms with van der Waals surface area (Å²) in [6.45, 7) is 2.30. The normalized spacial score (nSPS) is 18.5. The van der Waals surface area contributed by atoms with Gasteiger partial charge >= 0.3 is 0 Å². The lowest BCUT2D eigenvalue weighted by Crippen LogP contribution is -2.32. The van der Waals surface area contributed by atoms with Crippen molar-refractivity contribution in [3.8, 4) is 5.75 Å². The Morgan fingerprint density at radius 3 is 2.53 bits per heavy atom. The highest BCUT2D eigenvalue weighted by molar-refractivity contribution is 5.64. The molecule has 9 nitrogen and oxygen atoms in total. The van der Waals surface area contributed by atoms with Crippen LogP contribution in [0.3, 0.4) is 0 Å². The fourth-order valence-corrected chi connectivity index (χ4v) is 4.55. The zero-order valence-electron chi connectivity index (χ0n) is 19.1. The highest BCUT2D eigenvalue weighted by Gasteiger charge is 2.23. The Balaban J connectivity index is 1.44. The second kappa shape index (κ2) is 10.2. The molecule has 2 aromatic rings. The van der Waals surface area contributed by atoms with Crippen molar-refractivity contribution >= 4 is 11.6 Å². The van der Waals surface area contributed by atoms with Gasteiger partial charge in [-0.15, -0.1) is 0 Å². The summed E-state index contributed by atoms with van der Waals surface area (Å²) < 4.78 is 11.6. The molecule has 0 bridgehead atoms. The Bertz CT molecular complexity index is 928. The molecule has 2 saturated carbocycles. The van der Waals surface area contributed by atoms with Crippen molar-refractivity contribution in [2.24, 2.45) is 11.6 Å². The van der Waals surface area contributed by atoms with Crippen molar-refractivity contribution in [3.05, 3.63) is 35.1 Å². The van der Waals surface area contributed by atoms with E-state index >= 15 is 0 Å². The minimum atomic E-state index is 0.280. The van der Waals surface area contributed by atoms with Gasteiger partial charge in [-0.25, -0.2) is 10.8 Å². The predicted octanol–water partition coefficient (Wildman–Crippen LogP) is 3.69. The number of nitrogens with zero attached hydrogens (tertiary/aromatic N) is 4. The summed E-state index contributed by atoms with van der Waals surface area (Å²) in [6.07, 6.45) is 10.9. The number of ether oxygens (including phenoxy) is 1. The summed E-state index contributed by atoms with van der Waals surface area (Å²) in [5.41, 5.74) is 9.12. The Labute approximate surface area is 189 Å². The number of anilines is 1. The van der Waals surface area contributed by atoms with Crippen molar-refractivity contribution in [3.63, 3.8) is 0 Å². The number of aromatic nitrogens is 3. The summed E-state index contributed by atoms with van der Waals surface area (Å²) in [5.74, 6) is 8.41. The third kappa shape index (κ3) is 5.32. The van der Waals surface area contributed by atoms with Gasteiger partial charge in [-0.3, -0.25) is 0 Å². The first-order valence-electron chi connectivity index (χ1n) is 11.7. The van der Waals surface area contributed by atoms with Gasteiger partial charge in [0.05, 0.1) is 35.4 Å². The second-order valence-electron chi connectivity index (χ2n) is 8.92. The van der Waals surface area contributed by atoms with Crippen LogP contribution in [0.2, 0.25) is 0 Å². The molecule has 174 valence electrons. The van der Waals surface area contributed by atoms with E-state index in [4.69, 9.17) is 20.8 Å². The summed E-state index contributed by atoms with van der Waals surface area (Å²) in [4.78, 5) is 9.18. The zero-order valence-corrected chi connectivity index (χ0v) is 19.1. The molecule has 2 aromatic heterocycles. The minimum absolute atomic E-state index is 0.280. The molecule has 0 saturated heterocycles. The number of aryl methyl sites for hydroxylation is 1. The molecule has 0 atom stereocenters. The molecule has 0 amide bonds. The average Bonchev–Trinajstić information content (AvgIpc) is 3.47. The highest BCUT2D eigenvalue weighted by atomic mass is 16.5. The molecular formula is C23H35N7O2. The lowest BCUT2D eigenvalue weighted by atomic mass is 9.98. The van der Waals surface area contributed by atoms with E-state index in [1.165, 1.54) is 37.1 Å². The third-order valence-electron chi connectivity index (χ3n) is 6.46. The maximum absolute atomic E-state index is 6.46. The van der Waals surface area contributed by atoms with Gasteiger partial charge in [0.15, 0.2) is 0 Å². The van der Waals surface area contributed by atoms with Crippen LogP contribution in [0.5, 0.6) is 5.75 Å². The summed E-state index contributed by atoms with van der Waals surface area (Å²) in [6, 6.07) is 3.84. The van der Waals surface area contributed by atoms with Crippen LogP contribution in [0, 0.1) is 6.92 Å². The van der Waals surface area contributed by atoms with Crippen LogP contribution in [-0.4, -0.2) is 39.8 Å². The van der Waals surface area contributed by atoms with Gasteiger partial charge in [0.25, 0.3) is 5.95 Å². The Kier molecular flexibility index (Phi) is 7.14. The third-order valence-corrected chi connectivity index (χ3v) is 6.46. The number of likely N-dealkylation sites (N-methyl/N-ethyl adjacent to an activating group) is 1. The van der Waals surface area contributed by atoms with Crippen LogP contribution in [0.25, 0.3) is 5.70 Å². The van der Waals surface area contributed by atoms with Crippen molar-refractivity contribution in [1.29, 1.82) is 0 Å². The van der Waals surface area contributed by atoms with Gasteiger partial charge in [0.2, 0.25) is 5.89 Å². The van der Waals surface area contributed by atoms with E-state index in [9.17, 15) is 0 Å². The lowest BCUT2D eigenvalue weighted by molar-refractivity contribution is 0.153. The van der Waals surface area contributed by atoms with Gasteiger partial charge in [0, 0.05) is 13.0 Å². The fourth-order valence-electron chi connectivity index (χ4n) is 4.55. The van der Waals surface area contributed by atoms with E-state index in [1.807, 2.05) is 19.1 Å². The average molecular weight is 442 g/mol. The lowest BCUT2D eigenvalue weighted by Gasteiger charge is -2.24. The topological polar surface area (TPSA) is 128 Å². The Hall–Kier alpha value is -2.81. The largest absolute Gasteiger partial charge is 0.489 e. The number of pyridine rings is 1. The highest BCUT2D eigenvalue weighted by Crippen LogP contribution is 2.33. The molecule has 2 heterocycles. The number of hydrogen-bond acceptors (Lipinski definition) is 9. The van der Waals surface area contributed by atoms with E-state index in [-0.39, 0.29) is 6.10 Å². The standard InChI is InChI=1S/C23H35N7O2/c1-15-20(31-17-10-4-3-5-11-17)13-12-18(27-15)21(24)19(30(2)25)14-26-23-28-22(32-29-23)16-8-6-7-9-16/h12-13,16-17H,3-11,14,24-25H2,1-2H3,(H,26,29)/b21-19-. The monoisotopic (exact) mass is 441 g/mol. The molecule has 0 spiro atoms. The molecule has 0 aromatic carbocycles. The van der Waals surface area contributed by atoms with Crippen LogP contribution in [0.1, 0.15) is 81.0 Å². The fraction of sp³-hybridized carbons (Fsp3) is 0.609. The molecule has 0 unspecified atom stereocenters. The zero-order chi connectivity index (χ0) is 22.5. The van der Waals surface area contributed by atoms with Crippen molar-refractivity contribution in [2.45, 2.75) is 76.7 Å². The van der Waals surface area contributed by atoms with Crippen molar-refractivity contribution in [1.82, 2.24) is 20.1 Å². The summed E-state index contributed by atoms with van der Waals surface area (Å²) >= 11 is 0. The van der Waals surface area contributed by atoms with Crippen molar-refractivity contribution in [2.75, 3.05) is 18.9 Å². The number of nitrogens with one attached hydrogen (secondary N) is 1. The summed E-state index contributed by atoms with van der Waals surface area (Å²) in [7, 11) is 1.75. The Morgan fingerprint density at radius 2 is 1.84 bits per heavy atom. The van der Waals surface area contributed by atoms with Crippen LogP contribution in [0.15, 0.2) is 22.4 Å². The van der Waals surface area contributed by atoms with E-state index < -0.39 is 0 Å². The maximum atomic E-state index is 6.46. The van der Waals surface area contributed by atoms with Gasteiger partial charge in [-0.05, 0) is 62.7 Å². The first-order chi connectivity index (χ1) is 15.5. The number of hydrogen-bond donors (Lipinski definition) is 3. The smallest absolute Gasteiger partial charge is 0.263 e. The van der Waals surface area contributed by atoms with Gasteiger partial charge in [-0.2, -0.15) is 4.98 Å². The van der Waals surface area contributed by atoms with E-state index in [1.54, 1.807) is 7.05 Å². The van der Waals surface area contributed by atoms with Crippen LogP contribution >= 0.6 is 0 Å². The molecule has 0 aliphatic heterocycles. The molecule has 5 N–H and O–H groups in total. The van der Waals surface area contributed by atoms with Gasteiger partial charge in [-0.1, -0.05) is 19.3 Å². The van der Waals surface area contributed by atoms with E-state index in [0.717, 1.165) is 37.1 Å². The number of nitrogens with two attached hydrogens (primary N) is 2.